The number of rotatable bonds is 2. The lowest BCUT2D eigenvalue weighted by Crippen LogP contribution is -2.39. The number of halogens is 2. The molecule has 138 valence electrons. The van der Waals surface area contributed by atoms with E-state index in [-0.39, 0.29) is 12.8 Å². The molecule has 0 aliphatic carbocycles. The van der Waals surface area contributed by atoms with E-state index < -0.39 is 5.92 Å². The highest BCUT2D eigenvalue weighted by Crippen LogP contribution is 2.32. The van der Waals surface area contributed by atoms with E-state index in [1.807, 2.05) is 41.3 Å². The molecule has 0 spiro atoms. The number of benzene rings is 2. The first-order valence-electron chi connectivity index (χ1n) is 8.85. The van der Waals surface area contributed by atoms with E-state index in [1.165, 1.54) is 0 Å². The molecule has 8 heteroatoms. The topological polar surface area (TPSA) is 86.6 Å². The van der Waals surface area contributed by atoms with Crippen LogP contribution < -0.4 is 10.6 Å². The number of nitrogens with two attached hydrogens (primary N) is 1. The van der Waals surface area contributed by atoms with Gasteiger partial charge in [-0.15, -0.1) is 0 Å². The van der Waals surface area contributed by atoms with Crippen LogP contribution in [0.3, 0.4) is 0 Å². The van der Waals surface area contributed by atoms with Crippen molar-refractivity contribution in [2.45, 2.75) is 18.8 Å². The highest BCUT2D eigenvalue weighted by atomic mass is 19.3. The molecular weight excluding hydrogens is 350 g/mol. The summed E-state index contributed by atoms with van der Waals surface area (Å²) in [7, 11) is 0. The molecule has 5 rings (SSSR count). The van der Waals surface area contributed by atoms with Crippen molar-refractivity contribution >= 4 is 33.3 Å². The molecule has 4 aromatic rings. The van der Waals surface area contributed by atoms with Crippen molar-refractivity contribution in [2.24, 2.45) is 0 Å². The summed E-state index contributed by atoms with van der Waals surface area (Å²) in [5, 5.41) is 8.27. The molecule has 1 aliphatic rings. The predicted molar refractivity (Wildman–Crippen MR) is 102 cm³/mol. The Bertz CT molecular complexity index is 1140. The van der Waals surface area contributed by atoms with Gasteiger partial charge in [0.2, 0.25) is 0 Å². The fourth-order valence-corrected chi connectivity index (χ4v) is 3.62. The lowest BCUT2D eigenvalue weighted by Gasteiger charge is -2.33. The number of nitrogens with one attached hydrogen (secondary N) is 2. The fraction of sp³-hybridized carbons (Fsp3) is 0.263. The van der Waals surface area contributed by atoms with E-state index in [1.54, 1.807) is 0 Å². The van der Waals surface area contributed by atoms with Gasteiger partial charge >= 0.3 is 0 Å². The summed E-state index contributed by atoms with van der Waals surface area (Å²) in [4.78, 5) is 9.92. The van der Waals surface area contributed by atoms with E-state index >= 15 is 0 Å². The summed E-state index contributed by atoms with van der Waals surface area (Å²) >= 11 is 0. The van der Waals surface area contributed by atoms with Crippen LogP contribution in [0.5, 0.6) is 0 Å². The Morgan fingerprint density at radius 3 is 2.67 bits per heavy atom. The van der Waals surface area contributed by atoms with Gasteiger partial charge in [-0.2, -0.15) is 5.10 Å². The number of anilines is 2. The SMILES string of the molecule is Nc1ccc2c(-c3nc4ccc(N5CCC(F)(F)CC5)cc4[nH]3)n[nH]c2c1. The van der Waals surface area contributed by atoms with Crippen LogP contribution in [0, 0.1) is 0 Å². The molecule has 0 atom stereocenters. The number of nitrogen functional groups attached to an aromatic ring is 1. The molecule has 0 saturated carbocycles. The molecule has 0 unspecified atom stereocenters. The van der Waals surface area contributed by atoms with Gasteiger partial charge in [0.15, 0.2) is 5.82 Å². The molecule has 4 N–H and O–H groups in total. The second kappa shape index (κ2) is 5.67. The summed E-state index contributed by atoms with van der Waals surface area (Å²) in [6, 6.07) is 11.4. The molecule has 6 nitrogen and oxygen atoms in total. The van der Waals surface area contributed by atoms with Gasteiger partial charge in [0.05, 0.1) is 16.6 Å². The van der Waals surface area contributed by atoms with Crippen LogP contribution in [0.1, 0.15) is 12.8 Å². The molecule has 2 aromatic heterocycles. The van der Waals surface area contributed by atoms with Gasteiger partial charge in [0.1, 0.15) is 5.69 Å². The Labute approximate surface area is 153 Å². The normalized spacial score (nSPS) is 17.0. The largest absolute Gasteiger partial charge is 0.399 e. The van der Waals surface area contributed by atoms with Gasteiger partial charge in [0.25, 0.3) is 5.92 Å². The third kappa shape index (κ3) is 2.77. The number of aromatic amines is 2. The zero-order valence-corrected chi connectivity index (χ0v) is 14.5. The second-order valence-electron chi connectivity index (χ2n) is 7.01. The van der Waals surface area contributed by atoms with Crippen molar-refractivity contribution in [3.05, 3.63) is 36.4 Å². The number of piperidine rings is 1. The Balaban J connectivity index is 1.50. The van der Waals surface area contributed by atoms with Gasteiger partial charge in [0, 0.05) is 42.7 Å². The van der Waals surface area contributed by atoms with Crippen molar-refractivity contribution in [3.63, 3.8) is 0 Å². The summed E-state index contributed by atoms with van der Waals surface area (Å²) in [6.07, 6.45) is -0.219. The van der Waals surface area contributed by atoms with Gasteiger partial charge in [-0.05, 0) is 36.4 Å². The van der Waals surface area contributed by atoms with Crippen molar-refractivity contribution < 1.29 is 8.78 Å². The molecule has 0 bridgehead atoms. The molecule has 1 aliphatic heterocycles. The number of alkyl halides is 2. The number of aromatic nitrogens is 4. The zero-order valence-electron chi connectivity index (χ0n) is 14.5. The Hall–Kier alpha value is -3.16. The summed E-state index contributed by atoms with van der Waals surface area (Å²) in [5.41, 5.74) is 10.6. The van der Waals surface area contributed by atoms with Crippen molar-refractivity contribution in [1.82, 2.24) is 20.2 Å². The predicted octanol–water partition coefficient (Wildman–Crippen LogP) is 3.92. The van der Waals surface area contributed by atoms with Crippen LogP contribution in [0.4, 0.5) is 20.2 Å². The average Bonchev–Trinajstić information content (AvgIpc) is 3.24. The van der Waals surface area contributed by atoms with Crippen LogP contribution in [0.25, 0.3) is 33.5 Å². The molecule has 3 heterocycles. The minimum atomic E-state index is -2.55. The van der Waals surface area contributed by atoms with Crippen molar-refractivity contribution in [3.8, 4) is 11.5 Å². The standard InChI is InChI=1S/C19H18F2N6/c20-19(21)5-7-27(8-6-19)12-2-4-14-16(10-12)24-18(23-14)17-13-3-1-11(22)9-15(13)25-26-17/h1-4,9-10H,5-8,22H2,(H,23,24)(H,25,26). The highest BCUT2D eigenvalue weighted by molar-refractivity contribution is 5.94. The third-order valence-corrected chi connectivity index (χ3v) is 5.14. The maximum absolute atomic E-state index is 13.4. The fourth-order valence-electron chi connectivity index (χ4n) is 3.62. The Morgan fingerprint density at radius 2 is 1.85 bits per heavy atom. The van der Waals surface area contributed by atoms with E-state index in [0.29, 0.717) is 24.6 Å². The molecule has 2 aromatic carbocycles. The van der Waals surface area contributed by atoms with Crippen LogP contribution in [-0.4, -0.2) is 39.2 Å². The number of hydrogen-bond acceptors (Lipinski definition) is 4. The third-order valence-electron chi connectivity index (χ3n) is 5.14. The minimum absolute atomic E-state index is 0.109. The summed E-state index contributed by atoms with van der Waals surface area (Å²) in [6.45, 7) is 0.704. The van der Waals surface area contributed by atoms with E-state index in [9.17, 15) is 8.78 Å². The van der Waals surface area contributed by atoms with Gasteiger partial charge < -0.3 is 15.6 Å². The molecule has 0 amide bonds. The van der Waals surface area contributed by atoms with Crippen LogP contribution in [0.15, 0.2) is 36.4 Å². The first-order chi connectivity index (χ1) is 13.0. The highest BCUT2D eigenvalue weighted by Gasteiger charge is 2.34. The Kier molecular flexibility index (Phi) is 3.37. The minimum Gasteiger partial charge on any atom is -0.399 e. The number of H-pyrrole nitrogens is 2. The molecule has 1 fully saturated rings. The lowest BCUT2D eigenvalue weighted by atomic mass is 10.1. The second-order valence-corrected chi connectivity index (χ2v) is 7.01. The van der Waals surface area contributed by atoms with Crippen molar-refractivity contribution in [1.29, 1.82) is 0 Å². The quantitative estimate of drug-likeness (QED) is 0.468. The number of hydrogen-bond donors (Lipinski definition) is 3. The monoisotopic (exact) mass is 368 g/mol. The average molecular weight is 368 g/mol. The maximum Gasteiger partial charge on any atom is 0.251 e. The van der Waals surface area contributed by atoms with Gasteiger partial charge in [-0.3, -0.25) is 5.10 Å². The van der Waals surface area contributed by atoms with Gasteiger partial charge in [-0.1, -0.05) is 0 Å². The lowest BCUT2D eigenvalue weighted by molar-refractivity contribution is -0.0220. The molecular formula is C19H18F2N6. The zero-order chi connectivity index (χ0) is 18.6. The summed E-state index contributed by atoms with van der Waals surface area (Å²) in [5.74, 6) is -1.89. The molecule has 27 heavy (non-hydrogen) atoms. The smallest absolute Gasteiger partial charge is 0.251 e. The number of fused-ring (bicyclic) bond motifs is 2. The van der Waals surface area contributed by atoms with Crippen LogP contribution in [0.2, 0.25) is 0 Å². The van der Waals surface area contributed by atoms with Crippen LogP contribution >= 0.6 is 0 Å². The number of imidazole rings is 1. The van der Waals surface area contributed by atoms with E-state index in [0.717, 1.165) is 33.3 Å². The van der Waals surface area contributed by atoms with Crippen LogP contribution in [-0.2, 0) is 0 Å². The molecule has 1 saturated heterocycles. The maximum atomic E-state index is 13.4. The van der Waals surface area contributed by atoms with Crippen molar-refractivity contribution in [2.75, 3.05) is 23.7 Å². The Morgan fingerprint density at radius 1 is 1.04 bits per heavy atom. The van der Waals surface area contributed by atoms with Gasteiger partial charge in [-0.25, -0.2) is 13.8 Å². The summed E-state index contributed by atoms with van der Waals surface area (Å²) < 4.78 is 26.8. The first kappa shape index (κ1) is 16.0. The molecule has 0 radical (unpaired) electrons. The van der Waals surface area contributed by atoms with E-state index in [4.69, 9.17) is 5.73 Å². The van der Waals surface area contributed by atoms with E-state index in [2.05, 4.69) is 20.2 Å². The number of nitrogens with zero attached hydrogens (tertiary/aromatic N) is 3. The first-order valence-corrected chi connectivity index (χ1v) is 8.85.